The number of carbonyl (C=O) groups is 1. The van der Waals surface area contributed by atoms with Crippen LogP contribution in [-0.4, -0.2) is 43.4 Å². The minimum atomic E-state index is -0.664. The van der Waals surface area contributed by atoms with Crippen molar-refractivity contribution in [2.24, 2.45) is 0 Å². The molecule has 5 nitrogen and oxygen atoms in total. The van der Waals surface area contributed by atoms with Crippen LogP contribution in [0, 0.1) is 5.82 Å². The molecule has 1 unspecified atom stereocenters. The largest absolute Gasteiger partial charge is 0.491 e. The van der Waals surface area contributed by atoms with Crippen molar-refractivity contribution in [3.05, 3.63) is 30.1 Å². The first-order valence-corrected chi connectivity index (χ1v) is 6.09. The summed E-state index contributed by atoms with van der Waals surface area (Å²) in [6.07, 6.45) is -0.664. The van der Waals surface area contributed by atoms with Crippen LogP contribution in [0.15, 0.2) is 24.3 Å². The number of hydrogen-bond acceptors (Lipinski definition) is 4. The molecule has 0 radical (unpaired) electrons. The molecule has 1 amide bonds. The average Bonchev–Trinajstić information content (AvgIpc) is 2.37. The minimum absolute atomic E-state index is 0.0815. The van der Waals surface area contributed by atoms with Crippen molar-refractivity contribution in [2.75, 3.05) is 26.2 Å². The summed E-state index contributed by atoms with van der Waals surface area (Å²) >= 11 is 0. The number of aliphatic hydroxyl groups excluding tert-OH is 1. The number of halogens is 1. The molecule has 0 bridgehead atoms. The van der Waals surface area contributed by atoms with Gasteiger partial charge < -0.3 is 20.5 Å². The summed E-state index contributed by atoms with van der Waals surface area (Å²) in [5.74, 6) is 0.105. The smallest absolute Gasteiger partial charge is 0.216 e. The lowest BCUT2D eigenvalue weighted by atomic mass is 10.3. The Morgan fingerprint density at radius 2 is 2.05 bits per heavy atom. The number of hydrogen-bond donors (Lipinski definition) is 3. The van der Waals surface area contributed by atoms with Crippen molar-refractivity contribution in [3.63, 3.8) is 0 Å². The van der Waals surface area contributed by atoms with E-state index in [2.05, 4.69) is 10.6 Å². The van der Waals surface area contributed by atoms with Crippen molar-refractivity contribution in [3.8, 4) is 5.75 Å². The van der Waals surface area contributed by atoms with Gasteiger partial charge in [-0.05, 0) is 24.3 Å². The van der Waals surface area contributed by atoms with Crippen LogP contribution < -0.4 is 15.4 Å². The maximum Gasteiger partial charge on any atom is 0.216 e. The quantitative estimate of drug-likeness (QED) is 0.594. The second kappa shape index (κ2) is 8.44. The lowest BCUT2D eigenvalue weighted by molar-refractivity contribution is -0.118. The van der Waals surface area contributed by atoms with Gasteiger partial charge in [-0.25, -0.2) is 4.39 Å². The number of nitrogens with one attached hydrogen (secondary N) is 2. The van der Waals surface area contributed by atoms with Gasteiger partial charge in [-0.2, -0.15) is 0 Å². The Morgan fingerprint density at radius 3 is 2.68 bits per heavy atom. The third-order valence-electron chi connectivity index (χ3n) is 2.31. The predicted octanol–water partition coefficient (Wildman–Crippen LogP) is 0.291. The van der Waals surface area contributed by atoms with Gasteiger partial charge >= 0.3 is 0 Å². The van der Waals surface area contributed by atoms with E-state index in [0.29, 0.717) is 25.4 Å². The van der Waals surface area contributed by atoms with Crippen molar-refractivity contribution in [1.29, 1.82) is 0 Å². The van der Waals surface area contributed by atoms with Gasteiger partial charge in [0, 0.05) is 26.6 Å². The van der Waals surface area contributed by atoms with Crippen molar-refractivity contribution >= 4 is 5.91 Å². The molecule has 0 aliphatic rings. The Balaban J connectivity index is 2.09. The molecule has 1 atom stereocenters. The number of amides is 1. The highest BCUT2D eigenvalue weighted by Gasteiger charge is 2.04. The van der Waals surface area contributed by atoms with Gasteiger partial charge in [0.1, 0.15) is 24.3 Å². The standard InChI is InChI=1S/C13H19FN2O3/c1-10(17)16-7-6-15-8-12(18)9-19-13-4-2-11(14)3-5-13/h2-5,12,15,18H,6-9H2,1H3,(H,16,17). The van der Waals surface area contributed by atoms with Gasteiger partial charge in [0.25, 0.3) is 0 Å². The molecule has 0 spiro atoms. The highest BCUT2D eigenvalue weighted by Crippen LogP contribution is 2.10. The molecule has 106 valence electrons. The molecule has 0 saturated carbocycles. The fraction of sp³-hybridized carbons (Fsp3) is 0.462. The Labute approximate surface area is 111 Å². The van der Waals surface area contributed by atoms with Crippen LogP contribution in [0.3, 0.4) is 0 Å². The summed E-state index contributed by atoms with van der Waals surface area (Å²) in [7, 11) is 0. The zero-order chi connectivity index (χ0) is 14.1. The molecular weight excluding hydrogens is 251 g/mol. The van der Waals surface area contributed by atoms with Crippen LogP contribution in [0.1, 0.15) is 6.92 Å². The van der Waals surface area contributed by atoms with E-state index in [1.54, 1.807) is 0 Å². The van der Waals surface area contributed by atoms with Crippen LogP contribution in [-0.2, 0) is 4.79 Å². The van der Waals surface area contributed by atoms with E-state index in [9.17, 15) is 14.3 Å². The molecule has 0 saturated heterocycles. The maximum atomic E-state index is 12.6. The maximum absolute atomic E-state index is 12.6. The van der Waals surface area contributed by atoms with E-state index >= 15 is 0 Å². The van der Waals surface area contributed by atoms with Gasteiger partial charge in [-0.3, -0.25) is 4.79 Å². The molecule has 1 aromatic carbocycles. The third kappa shape index (κ3) is 7.38. The Hall–Kier alpha value is -1.66. The minimum Gasteiger partial charge on any atom is -0.491 e. The molecule has 0 aromatic heterocycles. The summed E-state index contributed by atoms with van der Waals surface area (Å²) < 4.78 is 17.9. The monoisotopic (exact) mass is 270 g/mol. The molecule has 0 fully saturated rings. The highest BCUT2D eigenvalue weighted by molar-refractivity contribution is 5.72. The zero-order valence-electron chi connectivity index (χ0n) is 10.9. The van der Waals surface area contributed by atoms with Crippen molar-refractivity contribution in [2.45, 2.75) is 13.0 Å². The Bertz CT molecular complexity index is 384. The summed E-state index contributed by atoms with van der Waals surface area (Å²) in [5, 5.41) is 15.2. The Morgan fingerprint density at radius 1 is 1.37 bits per heavy atom. The highest BCUT2D eigenvalue weighted by atomic mass is 19.1. The summed E-state index contributed by atoms with van der Waals surface area (Å²) in [6, 6.07) is 5.61. The lowest BCUT2D eigenvalue weighted by Gasteiger charge is -2.13. The molecular formula is C13H19FN2O3. The number of ether oxygens (including phenoxy) is 1. The van der Waals surface area contributed by atoms with E-state index < -0.39 is 6.10 Å². The van der Waals surface area contributed by atoms with E-state index in [4.69, 9.17) is 4.74 Å². The summed E-state index contributed by atoms with van der Waals surface area (Å²) in [6.45, 7) is 3.03. The van der Waals surface area contributed by atoms with Gasteiger partial charge in [0.05, 0.1) is 0 Å². The first kappa shape index (κ1) is 15.4. The first-order chi connectivity index (χ1) is 9.08. The van der Waals surface area contributed by atoms with Crippen LogP contribution in [0.25, 0.3) is 0 Å². The topological polar surface area (TPSA) is 70.6 Å². The number of rotatable bonds is 8. The molecule has 1 aromatic rings. The summed E-state index contributed by atoms with van der Waals surface area (Å²) in [5.41, 5.74) is 0. The number of carbonyl (C=O) groups excluding carboxylic acids is 1. The fourth-order valence-electron chi connectivity index (χ4n) is 1.38. The van der Waals surface area contributed by atoms with Crippen LogP contribution in [0.2, 0.25) is 0 Å². The summed E-state index contributed by atoms with van der Waals surface area (Å²) in [4.78, 5) is 10.6. The molecule has 6 heteroatoms. The molecule has 0 aliphatic heterocycles. The first-order valence-electron chi connectivity index (χ1n) is 6.09. The predicted molar refractivity (Wildman–Crippen MR) is 69.5 cm³/mol. The van der Waals surface area contributed by atoms with Gasteiger partial charge in [-0.15, -0.1) is 0 Å². The van der Waals surface area contributed by atoms with Gasteiger partial charge in [0.2, 0.25) is 5.91 Å². The van der Waals surface area contributed by atoms with Crippen LogP contribution >= 0.6 is 0 Å². The molecule has 1 rings (SSSR count). The molecule has 0 heterocycles. The fourth-order valence-corrected chi connectivity index (χ4v) is 1.38. The SMILES string of the molecule is CC(=O)NCCNCC(O)COc1ccc(F)cc1. The van der Waals surface area contributed by atoms with E-state index in [1.807, 2.05) is 0 Å². The van der Waals surface area contributed by atoms with E-state index in [-0.39, 0.29) is 18.3 Å². The third-order valence-corrected chi connectivity index (χ3v) is 2.31. The number of aliphatic hydroxyl groups is 1. The second-order valence-electron chi connectivity index (χ2n) is 4.11. The average molecular weight is 270 g/mol. The molecule has 19 heavy (non-hydrogen) atoms. The second-order valence-corrected chi connectivity index (χ2v) is 4.11. The van der Waals surface area contributed by atoms with E-state index in [0.717, 1.165) is 0 Å². The molecule has 0 aliphatic carbocycles. The van der Waals surface area contributed by atoms with Crippen molar-refractivity contribution in [1.82, 2.24) is 10.6 Å². The van der Waals surface area contributed by atoms with Crippen LogP contribution in [0.4, 0.5) is 4.39 Å². The van der Waals surface area contributed by atoms with Crippen molar-refractivity contribution < 1.29 is 19.0 Å². The normalized spacial score (nSPS) is 11.9. The van der Waals surface area contributed by atoms with Gasteiger partial charge in [0.15, 0.2) is 0 Å². The molecule has 3 N–H and O–H groups in total. The van der Waals surface area contributed by atoms with Gasteiger partial charge in [-0.1, -0.05) is 0 Å². The zero-order valence-corrected chi connectivity index (χ0v) is 10.9. The number of benzene rings is 1. The Kier molecular flexibility index (Phi) is 6.84. The van der Waals surface area contributed by atoms with E-state index in [1.165, 1.54) is 31.2 Å². The van der Waals surface area contributed by atoms with Crippen LogP contribution in [0.5, 0.6) is 5.75 Å². The lowest BCUT2D eigenvalue weighted by Crippen LogP contribution is -2.36.